The lowest BCUT2D eigenvalue weighted by Crippen LogP contribution is -2.50. The van der Waals surface area contributed by atoms with E-state index in [1.165, 1.54) is 5.56 Å². The van der Waals surface area contributed by atoms with Gasteiger partial charge in [-0.15, -0.1) is 0 Å². The lowest BCUT2D eigenvalue weighted by Gasteiger charge is -2.44. The van der Waals surface area contributed by atoms with Crippen LogP contribution in [0.2, 0.25) is 0 Å². The number of rotatable bonds is 2. The first-order valence-electron chi connectivity index (χ1n) is 10.7. The van der Waals surface area contributed by atoms with Crippen molar-refractivity contribution in [3.05, 3.63) is 29.8 Å². The minimum absolute atomic E-state index is 0.0117. The number of likely N-dealkylation sites (N-methyl/N-ethyl adjacent to an activating group) is 1. The minimum Gasteiger partial charge on any atom is -0.481 e. The first kappa shape index (κ1) is 21.6. The highest BCUT2D eigenvalue weighted by molar-refractivity contribution is 5.80. The molecular formula is C23H34N2O4. The van der Waals surface area contributed by atoms with Gasteiger partial charge in [-0.25, -0.2) is 0 Å². The Morgan fingerprint density at radius 2 is 1.93 bits per heavy atom. The van der Waals surface area contributed by atoms with Crippen LogP contribution in [0.5, 0.6) is 5.75 Å². The van der Waals surface area contributed by atoms with Crippen LogP contribution in [-0.2, 0) is 20.7 Å². The SMILES string of the molecule is COCC(=O)N1CCC2(CCCCc3ccccc3O[C@H](C)C(=O)N(C)C2)CC1. The Balaban J connectivity index is 1.74. The Labute approximate surface area is 174 Å². The molecule has 29 heavy (non-hydrogen) atoms. The van der Waals surface area contributed by atoms with Crippen molar-refractivity contribution in [1.29, 1.82) is 0 Å². The molecular weight excluding hydrogens is 368 g/mol. The van der Waals surface area contributed by atoms with Crippen molar-refractivity contribution < 1.29 is 19.1 Å². The molecule has 1 atom stereocenters. The standard InChI is InChI=1S/C23H34N2O4/c1-18-22(27)24(2)17-23(12-14-25(15-13-23)21(26)16-28-3)11-7-6-9-19-8-4-5-10-20(19)29-18/h4-5,8,10,18H,6-7,9,11-17H2,1-3H3/t18-/m1/s1. The zero-order chi connectivity index (χ0) is 20.9. The number of para-hydroxylation sites is 1. The van der Waals surface area contributed by atoms with E-state index in [0.717, 1.165) is 57.4 Å². The third-order valence-corrected chi connectivity index (χ3v) is 6.42. The molecule has 1 saturated heterocycles. The summed E-state index contributed by atoms with van der Waals surface area (Å²) in [5.41, 5.74) is 1.23. The van der Waals surface area contributed by atoms with Crippen LogP contribution in [0.1, 0.15) is 44.6 Å². The third-order valence-electron chi connectivity index (χ3n) is 6.42. The largest absolute Gasteiger partial charge is 0.481 e. The van der Waals surface area contributed by atoms with Gasteiger partial charge in [0.05, 0.1) is 0 Å². The van der Waals surface area contributed by atoms with Gasteiger partial charge in [-0.05, 0) is 56.1 Å². The molecule has 1 spiro atoms. The number of benzene rings is 1. The van der Waals surface area contributed by atoms with E-state index < -0.39 is 6.10 Å². The Morgan fingerprint density at radius 1 is 1.21 bits per heavy atom. The fourth-order valence-electron chi connectivity index (χ4n) is 4.71. The Hall–Kier alpha value is -2.08. The van der Waals surface area contributed by atoms with Gasteiger partial charge in [0.1, 0.15) is 12.4 Å². The van der Waals surface area contributed by atoms with Gasteiger partial charge in [0.25, 0.3) is 5.91 Å². The molecule has 0 aliphatic carbocycles. The van der Waals surface area contributed by atoms with Crippen LogP contribution in [0, 0.1) is 5.41 Å². The van der Waals surface area contributed by atoms with E-state index in [2.05, 4.69) is 6.07 Å². The van der Waals surface area contributed by atoms with E-state index in [1.54, 1.807) is 7.11 Å². The van der Waals surface area contributed by atoms with Crippen molar-refractivity contribution in [3.8, 4) is 5.75 Å². The summed E-state index contributed by atoms with van der Waals surface area (Å²) in [6.07, 6.45) is 5.58. The normalized spacial score (nSPS) is 23.0. The Morgan fingerprint density at radius 3 is 2.66 bits per heavy atom. The smallest absolute Gasteiger partial charge is 0.263 e. The number of fused-ring (bicyclic) bond motifs is 1. The number of likely N-dealkylation sites (tertiary alicyclic amines) is 1. The molecule has 3 rings (SSSR count). The van der Waals surface area contributed by atoms with Crippen LogP contribution in [-0.4, -0.2) is 68.1 Å². The van der Waals surface area contributed by atoms with Gasteiger partial charge >= 0.3 is 0 Å². The molecule has 2 heterocycles. The van der Waals surface area contributed by atoms with E-state index in [9.17, 15) is 9.59 Å². The Kier molecular flexibility index (Phi) is 7.17. The van der Waals surface area contributed by atoms with Crippen molar-refractivity contribution in [2.24, 2.45) is 5.41 Å². The second kappa shape index (κ2) is 9.61. The van der Waals surface area contributed by atoms with E-state index in [4.69, 9.17) is 9.47 Å². The number of nitrogens with zero attached hydrogens (tertiary/aromatic N) is 2. The summed E-state index contributed by atoms with van der Waals surface area (Å²) < 4.78 is 11.0. The second-order valence-electron chi connectivity index (χ2n) is 8.58. The first-order valence-corrected chi connectivity index (χ1v) is 10.7. The molecule has 1 fully saturated rings. The number of hydrogen-bond acceptors (Lipinski definition) is 4. The van der Waals surface area contributed by atoms with Crippen LogP contribution >= 0.6 is 0 Å². The molecule has 0 bridgehead atoms. The summed E-state index contributed by atoms with van der Waals surface area (Å²) in [5.74, 6) is 0.887. The average Bonchev–Trinajstić information content (AvgIpc) is 2.71. The molecule has 0 saturated carbocycles. The van der Waals surface area contributed by atoms with Gasteiger partial charge in [-0.3, -0.25) is 9.59 Å². The van der Waals surface area contributed by atoms with Gasteiger partial charge in [-0.1, -0.05) is 24.6 Å². The lowest BCUT2D eigenvalue weighted by atomic mass is 9.73. The number of carbonyl (C=O) groups is 2. The number of methoxy groups -OCH3 is 1. The highest BCUT2D eigenvalue weighted by atomic mass is 16.5. The molecule has 6 nitrogen and oxygen atoms in total. The predicted octanol–water partition coefficient (Wildman–Crippen LogP) is 2.89. The molecule has 1 aromatic carbocycles. The first-order chi connectivity index (χ1) is 13.9. The molecule has 2 amide bonds. The molecule has 160 valence electrons. The molecule has 2 aliphatic rings. The summed E-state index contributed by atoms with van der Waals surface area (Å²) in [4.78, 5) is 28.9. The van der Waals surface area contributed by atoms with Crippen molar-refractivity contribution in [2.45, 2.75) is 51.6 Å². The highest BCUT2D eigenvalue weighted by Gasteiger charge is 2.38. The number of ether oxygens (including phenoxy) is 2. The summed E-state index contributed by atoms with van der Waals surface area (Å²) >= 11 is 0. The molecule has 0 aromatic heterocycles. The number of carbonyl (C=O) groups excluding carboxylic acids is 2. The van der Waals surface area contributed by atoms with E-state index in [-0.39, 0.29) is 23.8 Å². The zero-order valence-corrected chi connectivity index (χ0v) is 18.0. The van der Waals surface area contributed by atoms with Crippen molar-refractivity contribution >= 4 is 11.8 Å². The molecule has 1 aromatic rings. The van der Waals surface area contributed by atoms with Crippen molar-refractivity contribution in [2.75, 3.05) is 40.4 Å². The summed E-state index contributed by atoms with van der Waals surface area (Å²) in [6.45, 7) is 4.16. The molecule has 0 radical (unpaired) electrons. The average molecular weight is 403 g/mol. The maximum Gasteiger partial charge on any atom is 0.263 e. The Bertz CT molecular complexity index is 713. The van der Waals surface area contributed by atoms with Gasteiger partial charge < -0.3 is 19.3 Å². The zero-order valence-electron chi connectivity index (χ0n) is 18.0. The van der Waals surface area contributed by atoms with Gasteiger partial charge in [-0.2, -0.15) is 0 Å². The predicted molar refractivity (Wildman–Crippen MR) is 112 cm³/mol. The second-order valence-corrected chi connectivity index (χ2v) is 8.58. The summed E-state index contributed by atoms with van der Waals surface area (Å²) in [7, 11) is 3.43. The maximum atomic E-state index is 13.0. The summed E-state index contributed by atoms with van der Waals surface area (Å²) in [6, 6.07) is 8.04. The highest BCUT2D eigenvalue weighted by Crippen LogP contribution is 2.38. The van der Waals surface area contributed by atoms with E-state index in [0.29, 0.717) is 6.54 Å². The molecule has 0 N–H and O–H groups in total. The fourth-order valence-corrected chi connectivity index (χ4v) is 4.71. The summed E-state index contributed by atoms with van der Waals surface area (Å²) in [5, 5.41) is 0. The number of piperidine rings is 1. The topological polar surface area (TPSA) is 59.1 Å². The fraction of sp³-hybridized carbons (Fsp3) is 0.652. The number of aryl methyl sites for hydroxylation is 1. The van der Waals surface area contributed by atoms with E-state index >= 15 is 0 Å². The van der Waals surface area contributed by atoms with Crippen LogP contribution in [0.25, 0.3) is 0 Å². The minimum atomic E-state index is -0.513. The van der Waals surface area contributed by atoms with Crippen LogP contribution in [0.3, 0.4) is 0 Å². The maximum absolute atomic E-state index is 13.0. The van der Waals surface area contributed by atoms with Gasteiger partial charge in [0.2, 0.25) is 5.91 Å². The van der Waals surface area contributed by atoms with Gasteiger partial charge in [0.15, 0.2) is 6.10 Å². The van der Waals surface area contributed by atoms with Gasteiger partial charge in [0, 0.05) is 33.8 Å². The van der Waals surface area contributed by atoms with Crippen LogP contribution in [0.4, 0.5) is 0 Å². The number of amides is 2. The van der Waals surface area contributed by atoms with Crippen LogP contribution in [0.15, 0.2) is 24.3 Å². The van der Waals surface area contributed by atoms with Crippen LogP contribution < -0.4 is 4.74 Å². The monoisotopic (exact) mass is 402 g/mol. The quantitative estimate of drug-likeness (QED) is 0.763. The molecule has 2 aliphatic heterocycles. The van der Waals surface area contributed by atoms with Crippen molar-refractivity contribution in [1.82, 2.24) is 9.80 Å². The number of hydrogen-bond donors (Lipinski definition) is 0. The molecule has 0 unspecified atom stereocenters. The molecule has 6 heteroatoms. The van der Waals surface area contributed by atoms with Crippen molar-refractivity contribution in [3.63, 3.8) is 0 Å². The van der Waals surface area contributed by atoms with E-state index in [1.807, 2.05) is 42.0 Å². The lowest BCUT2D eigenvalue weighted by molar-refractivity contribution is -0.142. The third kappa shape index (κ3) is 5.30.